The fraction of sp³-hybridized carbons (Fsp3) is 0.231. The Balaban J connectivity index is 1.51. The number of hydrogen-bond donors (Lipinski definition) is 0. The highest BCUT2D eigenvalue weighted by Crippen LogP contribution is 2.32. The zero-order valence-electron chi connectivity index (χ0n) is 16.9. The molecule has 0 fully saturated rings. The van der Waals surface area contributed by atoms with E-state index in [4.69, 9.17) is 0 Å². The predicted octanol–water partition coefficient (Wildman–Crippen LogP) is 6.42. The lowest BCUT2D eigenvalue weighted by Crippen LogP contribution is -2.30. The fourth-order valence-electron chi connectivity index (χ4n) is 3.92. The maximum Gasteiger partial charge on any atom is 0.0497 e. The molecule has 2 aliphatic rings. The second-order valence-electron chi connectivity index (χ2n) is 7.76. The van der Waals surface area contributed by atoms with Gasteiger partial charge >= 0.3 is 0 Å². The van der Waals surface area contributed by atoms with Crippen molar-refractivity contribution in [3.8, 4) is 0 Å². The smallest absolute Gasteiger partial charge is 0.0497 e. The summed E-state index contributed by atoms with van der Waals surface area (Å²) in [6.07, 6.45) is 13.6. The summed E-state index contributed by atoms with van der Waals surface area (Å²) in [6.45, 7) is 7.68. The van der Waals surface area contributed by atoms with Gasteiger partial charge in [-0.3, -0.25) is 0 Å². The van der Waals surface area contributed by atoms with Gasteiger partial charge < -0.3 is 9.80 Å². The van der Waals surface area contributed by atoms with Gasteiger partial charge in [0.05, 0.1) is 0 Å². The highest BCUT2D eigenvalue weighted by molar-refractivity contribution is 5.63. The van der Waals surface area contributed by atoms with Crippen LogP contribution in [-0.2, 0) is 0 Å². The van der Waals surface area contributed by atoms with Crippen LogP contribution in [0.15, 0.2) is 102 Å². The quantitative estimate of drug-likeness (QED) is 0.614. The first-order valence-corrected chi connectivity index (χ1v) is 10.1. The van der Waals surface area contributed by atoms with Crippen molar-refractivity contribution < 1.29 is 0 Å². The maximum atomic E-state index is 2.38. The Hall–Kier alpha value is -3.00. The highest BCUT2D eigenvalue weighted by atomic mass is 15.1. The molecule has 28 heavy (non-hydrogen) atoms. The van der Waals surface area contributed by atoms with E-state index in [-0.39, 0.29) is 0 Å². The predicted molar refractivity (Wildman–Crippen MR) is 121 cm³/mol. The number of nitrogens with zero attached hydrogens (tertiary/aromatic N) is 2. The van der Waals surface area contributed by atoms with Crippen LogP contribution in [0.25, 0.3) is 0 Å². The average molecular weight is 369 g/mol. The zero-order chi connectivity index (χ0) is 19.5. The van der Waals surface area contributed by atoms with E-state index in [0.717, 1.165) is 6.54 Å². The molecule has 0 spiro atoms. The van der Waals surface area contributed by atoms with Gasteiger partial charge in [-0.2, -0.15) is 0 Å². The Bertz CT molecular complexity index is 947. The number of rotatable bonds is 4. The van der Waals surface area contributed by atoms with Crippen molar-refractivity contribution in [1.82, 2.24) is 0 Å². The molecule has 2 heterocycles. The van der Waals surface area contributed by atoms with Gasteiger partial charge in [-0.1, -0.05) is 62.4 Å². The van der Waals surface area contributed by atoms with Crippen molar-refractivity contribution in [1.29, 1.82) is 0 Å². The first-order valence-electron chi connectivity index (χ1n) is 10.1. The number of benzene rings is 2. The van der Waals surface area contributed by atoms with Crippen LogP contribution in [-0.4, -0.2) is 12.6 Å². The van der Waals surface area contributed by atoms with E-state index in [9.17, 15) is 0 Å². The molecule has 0 N–H and O–H groups in total. The van der Waals surface area contributed by atoms with Gasteiger partial charge in [0.25, 0.3) is 0 Å². The lowest BCUT2D eigenvalue weighted by atomic mass is 9.96. The van der Waals surface area contributed by atoms with Gasteiger partial charge in [0, 0.05) is 36.4 Å². The molecule has 0 radical (unpaired) electrons. The summed E-state index contributed by atoms with van der Waals surface area (Å²) >= 11 is 0. The number of anilines is 2. The van der Waals surface area contributed by atoms with E-state index < -0.39 is 0 Å². The topological polar surface area (TPSA) is 6.48 Å². The molecule has 142 valence electrons. The molecule has 4 rings (SSSR count). The molecular weight excluding hydrogens is 340 g/mol. The van der Waals surface area contributed by atoms with E-state index in [1.54, 1.807) is 0 Å². The average Bonchev–Trinajstić information content (AvgIpc) is 2.74. The Morgan fingerprint density at radius 2 is 1.57 bits per heavy atom. The van der Waals surface area contributed by atoms with E-state index in [2.05, 4.69) is 122 Å². The third kappa shape index (κ3) is 3.68. The van der Waals surface area contributed by atoms with Gasteiger partial charge in [-0.25, -0.2) is 0 Å². The second kappa shape index (κ2) is 7.93. The molecule has 1 unspecified atom stereocenters. The Morgan fingerprint density at radius 1 is 0.857 bits per heavy atom. The summed E-state index contributed by atoms with van der Waals surface area (Å²) in [5.74, 6) is 0.509. The second-order valence-corrected chi connectivity index (χ2v) is 7.76. The molecule has 1 atom stereocenters. The molecule has 0 aliphatic carbocycles. The van der Waals surface area contributed by atoms with E-state index >= 15 is 0 Å². The van der Waals surface area contributed by atoms with Crippen molar-refractivity contribution in [3.05, 3.63) is 108 Å². The van der Waals surface area contributed by atoms with Crippen molar-refractivity contribution in [3.63, 3.8) is 0 Å². The highest BCUT2D eigenvalue weighted by Gasteiger charge is 2.20. The van der Waals surface area contributed by atoms with Crippen LogP contribution in [0.3, 0.4) is 0 Å². The van der Waals surface area contributed by atoms with E-state index in [1.807, 2.05) is 0 Å². The van der Waals surface area contributed by atoms with E-state index in [1.165, 1.54) is 28.1 Å². The summed E-state index contributed by atoms with van der Waals surface area (Å²) in [4.78, 5) is 4.65. The third-order valence-corrected chi connectivity index (χ3v) is 5.47. The molecule has 0 saturated carbocycles. The van der Waals surface area contributed by atoms with Crippen LogP contribution in [0.2, 0.25) is 0 Å². The molecular formula is C26H28N2. The minimum absolute atomic E-state index is 0.321. The summed E-state index contributed by atoms with van der Waals surface area (Å²) < 4.78 is 0. The van der Waals surface area contributed by atoms with Crippen molar-refractivity contribution in [2.24, 2.45) is 0 Å². The normalized spacial score (nSPS) is 19.1. The number of hydrogen-bond acceptors (Lipinski definition) is 2. The van der Waals surface area contributed by atoms with Crippen LogP contribution in [0, 0.1) is 0 Å². The molecule has 0 amide bonds. The van der Waals surface area contributed by atoms with Crippen LogP contribution < -0.4 is 9.80 Å². The largest absolute Gasteiger partial charge is 0.344 e. The summed E-state index contributed by atoms with van der Waals surface area (Å²) in [7, 11) is 0. The molecule has 2 aromatic carbocycles. The summed E-state index contributed by atoms with van der Waals surface area (Å²) in [6, 6.07) is 19.6. The minimum Gasteiger partial charge on any atom is -0.344 e. The van der Waals surface area contributed by atoms with Crippen LogP contribution in [0.5, 0.6) is 0 Å². The van der Waals surface area contributed by atoms with Gasteiger partial charge in [-0.15, -0.1) is 0 Å². The molecule has 2 aliphatic heterocycles. The molecule has 2 heteroatoms. The van der Waals surface area contributed by atoms with Gasteiger partial charge in [0.1, 0.15) is 0 Å². The summed E-state index contributed by atoms with van der Waals surface area (Å²) in [5.41, 5.74) is 6.53. The Labute approximate surface area is 168 Å². The Kier molecular flexibility index (Phi) is 5.21. The minimum atomic E-state index is 0.321. The molecule has 2 nitrogen and oxygen atoms in total. The van der Waals surface area contributed by atoms with Gasteiger partial charge in [0.15, 0.2) is 0 Å². The molecule has 0 aromatic heterocycles. The molecule has 0 bridgehead atoms. The van der Waals surface area contributed by atoms with Crippen molar-refractivity contribution >= 4 is 11.4 Å². The van der Waals surface area contributed by atoms with Crippen molar-refractivity contribution in [2.75, 3.05) is 16.3 Å². The SMILES string of the molecule is CC(C)c1ccccc1N1C=CC(C2=CCN(c3ccccc3)C=C2)=CC1C. The van der Waals surface area contributed by atoms with Crippen LogP contribution in [0.4, 0.5) is 11.4 Å². The monoisotopic (exact) mass is 368 g/mol. The molecule has 2 aromatic rings. The number of para-hydroxylation sites is 2. The number of allylic oxidation sites excluding steroid dienone is 4. The Morgan fingerprint density at radius 3 is 2.25 bits per heavy atom. The first-order chi connectivity index (χ1) is 13.6. The van der Waals surface area contributed by atoms with Crippen molar-refractivity contribution in [2.45, 2.75) is 32.7 Å². The fourth-order valence-corrected chi connectivity index (χ4v) is 3.92. The lowest BCUT2D eigenvalue weighted by Gasteiger charge is -2.32. The summed E-state index contributed by atoms with van der Waals surface area (Å²) in [5, 5.41) is 0. The van der Waals surface area contributed by atoms with Crippen LogP contribution in [0.1, 0.15) is 32.3 Å². The first kappa shape index (κ1) is 18.4. The standard InChI is InChI=1S/C26H28N2/c1-20(2)25-11-7-8-12-26(25)28-18-15-23(19-21(28)3)22-13-16-27(17-14-22)24-9-5-4-6-10-24/h4-16,18-21H,17H2,1-3H3. The van der Waals surface area contributed by atoms with Crippen LogP contribution >= 0.6 is 0 Å². The van der Waals surface area contributed by atoms with Gasteiger partial charge in [-0.05, 0) is 59.9 Å². The van der Waals surface area contributed by atoms with E-state index in [0.29, 0.717) is 12.0 Å². The maximum absolute atomic E-state index is 2.38. The lowest BCUT2D eigenvalue weighted by molar-refractivity contribution is 0.807. The third-order valence-electron chi connectivity index (χ3n) is 5.47. The zero-order valence-corrected chi connectivity index (χ0v) is 16.9. The molecule has 0 saturated heterocycles. The van der Waals surface area contributed by atoms with Gasteiger partial charge in [0.2, 0.25) is 0 Å².